The quantitative estimate of drug-likeness (QED) is 0.753. The van der Waals surface area contributed by atoms with Crippen LogP contribution in [0.5, 0.6) is 0 Å². The van der Waals surface area contributed by atoms with E-state index in [2.05, 4.69) is 10.3 Å². The van der Waals surface area contributed by atoms with Gasteiger partial charge in [0.25, 0.3) is 5.91 Å². The fraction of sp³-hybridized carbons (Fsp3) is 0.438. The van der Waals surface area contributed by atoms with Crippen LogP contribution in [0.15, 0.2) is 24.7 Å². The molecule has 1 amide bonds. The predicted molar refractivity (Wildman–Crippen MR) is 85.5 cm³/mol. The van der Waals surface area contributed by atoms with E-state index >= 15 is 0 Å². The summed E-state index contributed by atoms with van der Waals surface area (Å²) in [5.74, 6) is -1.44. The number of carbonyl (C=O) groups is 2. The Morgan fingerprint density at radius 3 is 2.38 bits per heavy atom. The number of aryl methyl sites for hydroxylation is 2. The van der Waals surface area contributed by atoms with Crippen molar-refractivity contribution < 1.29 is 27.9 Å². The second-order valence-electron chi connectivity index (χ2n) is 6.01. The number of carbonyl (C=O) groups excluding carboxylic acids is 2. The van der Waals surface area contributed by atoms with Crippen LogP contribution in [0.25, 0.3) is 0 Å². The fourth-order valence-electron chi connectivity index (χ4n) is 2.57. The number of rotatable bonds is 6. The van der Waals surface area contributed by atoms with Crippen LogP contribution in [0, 0.1) is 0 Å². The highest BCUT2D eigenvalue weighted by atomic mass is 19.4. The molecule has 2 N–H and O–H groups in total. The summed E-state index contributed by atoms with van der Waals surface area (Å²) in [6.45, 7) is 0.898. The maximum atomic E-state index is 13.4. The molecule has 2 heterocycles. The van der Waals surface area contributed by atoms with Crippen LogP contribution in [0.4, 0.5) is 13.2 Å². The van der Waals surface area contributed by atoms with Crippen LogP contribution >= 0.6 is 0 Å². The van der Waals surface area contributed by atoms with Crippen LogP contribution in [0.3, 0.4) is 0 Å². The van der Waals surface area contributed by atoms with Gasteiger partial charge in [-0.25, -0.2) is 4.98 Å². The first-order valence-corrected chi connectivity index (χ1v) is 7.70. The summed E-state index contributed by atoms with van der Waals surface area (Å²) in [4.78, 5) is 27.1. The van der Waals surface area contributed by atoms with E-state index in [1.165, 1.54) is 37.0 Å². The first kappa shape index (κ1) is 19.7. The Hall–Kier alpha value is -2.62. The average Bonchev–Trinajstić information content (AvgIpc) is 3.12. The lowest BCUT2D eigenvalue weighted by Gasteiger charge is -2.29. The van der Waals surface area contributed by atoms with Gasteiger partial charge in [0, 0.05) is 51.2 Å². The third-order valence-corrected chi connectivity index (χ3v) is 4.08. The number of imidazole rings is 1. The molecule has 26 heavy (non-hydrogen) atoms. The maximum absolute atomic E-state index is 13.4. The molecule has 0 aromatic carbocycles. The first-order valence-electron chi connectivity index (χ1n) is 7.70. The molecular weight excluding hydrogens is 353 g/mol. The summed E-state index contributed by atoms with van der Waals surface area (Å²) in [6.07, 6.45) is -1.88. The van der Waals surface area contributed by atoms with Crippen molar-refractivity contribution in [1.29, 1.82) is 0 Å². The summed E-state index contributed by atoms with van der Waals surface area (Å²) in [6, 6.07) is 1.35. The molecule has 2 aromatic rings. The summed E-state index contributed by atoms with van der Waals surface area (Å²) < 4.78 is 42.7. The summed E-state index contributed by atoms with van der Waals surface area (Å²) in [5, 5.41) is 12.5. The van der Waals surface area contributed by atoms with Gasteiger partial charge in [-0.05, 0) is 13.0 Å². The minimum atomic E-state index is -4.97. The van der Waals surface area contributed by atoms with Gasteiger partial charge in [0.15, 0.2) is 5.78 Å². The molecule has 0 unspecified atom stereocenters. The molecule has 0 aliphatic rings. The average molecular weight is 372 g/mol. The summed E-state index contributed by atoms with van der Waals surface area (Å²) >= 11 is 0. The van der Waals surface area contributed by atoms with E-state index in [0.29, 0.717) is 5.56 Å². The number of Topliss-reactive ketones (excluding diaryl/α,β-unsaturated/α-hetero) is 1. The van der Waals surface area contributed by atoms with Gasteiger partial charge < -0.3 is 19.6 Å². The molecule has 10 heteroatoms. The summed E-state index contributed by atoms with van der Waals surface area (Å²) in [7, 11) is 2.88. The van der Waals surface area contributed by atoms with Gasteiger partial charge in [-0.1, -0.05) is 0 Å². The Kier molecular flexibility index (Phi) is 5.26. The van der Waals surface area contributed by atoms with Crippen molar-refractivity contribution in [1.82, 2.24) is 19.4 Å². The molecule has 2 rings (SSSR count). The van der Waals surface area contributed by atoms with E-state index < -0.39 is 36.5 Å². The zero-order valence-corrected chi connectivity index (χ0v) is 14.5. The van der Waals surface area contributed by atoms with Crippen molar-refractivity contribution in [2.75, 3.05) is 6.54 Å². The van der Waals surface area contributed by atoms with Crippen molar-refractivity contribution in [3.63, 3.8) is 0 Å². The molecule has 1 atom stereocenters. The number of halogens is 3. The molecule has 142 valence electrons. The lowest BCUT2D eigenvalue weighted by Crippen LogP contribution is -2.46. The Morgan fingerprint density at radius 1 is 1.27 bits per heavy atom. The van der Waals surface area contributed by atoms with E-state index in [4.69, 9.17) is 0 Å². The van der Waals surface area contributed by atoms with Gasteiger partial charge >= 0.3 is 6.18 Å². The van der Waals surface area contributed by atoms with Crippen molar-refractivity contribution in [3.05, 3.63) is 41.7 Å². The van der Waals surface area contributed by atoms with Crippen molar-refractivity contribution >= 4 is 11.7 Å². The Morgan fingerprint density at radius 2 is 1.92 bits per heavy atom. The Bertz CT molecular complexity index is 825. The zero-order chi connectivity index (χ0) is 19.7. The largest absolute Gasteiger partial charge is 0.424 e. The zero-order valence-electron chi connectivity index (χ0n) is 14.5. The molecule has 0 spiro atoms. The van der Waals surface area contributed by atoms with E-state index in [-0.39, 0.29) is 11.5 Å². The first-order chi connectivity index (χ1) is 12.0. The molecule has 0 saturated carbocycles. The van der Waals surface area contributed by atoms with Gasteiger partial charge in [0.05, 0.1) is 0 Å². The van der Waals surface area contributed by atoms with Crippen molar-refractivity contribution in [2.45, 2.75) is 25.1 Å². The number of alkyl halides is 3. The number of aromatic nitrogens is 3. The number of nitrogens with one attached hydrogen (secondary N) is 1. The van der Waals surface area contributed by atoms with Gasteiger partial charge in [-0.2, -0.15) is 13.2 Å². The van der Waals surface area contributed by atoms with Crippen LogP contribution in [0.2, 0.25) is 0 Å². The highest BCUT2D eigenvalue weighted by Crippen LogP contribution is 2.40. The third kappa shape index (κ3) is 3.64. The highest BCUT2D eigenvalue weighted by Gasteiger charge is 2.57. The fourth-order valence-corrected chi connectivity index (χ4v) is 2.57. The highest BCUT2D eigenvalue weighted by molar-refractivity contribution is 5.99. The van der Waals surface area contributed by atoms with Gasteiger partial charge in [0.1, 0.15) is 11.5 Å². The van der Waals surface area contributed by atoms with Gasteiger partial charge in [-0.15, -0.1) is 0 Å². The summed E-state index contributed by atoms with van der Waals surface area (Å²) in [5.41, 5.74) is -2.75. The lowest BCUT2D eigenvalue weighted by atomic mass is 9.97. The van der Waals surface area contributed by atoms with E-state index in [9.17, 15) is 27.9 Å². The standard InChI is InChI=1S/C16H19F3N4O3/c1-10(24)11-8-12(23(3)9-11)13(25)20-5-4-15(26,16(17,18)19)14-21-6-7-22(14)2/h6-9,26H,4-5H2,1-3H3,(H,20,25)/t15-/m0/s1. The smallest absolute Gasteiger partial charge is 0.374 e. The van der Waals surface area contributed by atoms with Crippen LogP contribution in [-0.2, 0) is 19.7 Å². The van der Waals surface area contributed by atoms with Crippen LogP contribution in [-0.4, -0.2) is 43.6 Å². The lowest BCUT2D eigenvalue weighted by molar-refractivity contribution is -0.272. The number of hydrogen-bond donors (Lipinski definition) is 2. The molecule has 0 aliphatic carbocycles. The second-order valence-corrected chi connectivity index (χ2v) is 6.01. The molecule has 0 saturated heterocycles. The van der Waals surface area contributed by atoms with E-state index in [1.807, 2.05) is 0 Å². The normalized spacial score (nSPS) is 14.1. The van der Waals surface area contributed by atoms with Gasteiger partial charge in [0.2, 0.25) is 5.60 Å². The SMILES string of the molecule is CC(=O)c1cc(C(=O)NCC[C@](O)(c2nccn2C)C(F)(F)F)n(C)c1. The minimum Gasteiger partial charge on any atom is -0.374 e. The van der Waals surface area contributed by atoms with E-state index in [1.54, 1.807) is 7.05 Å². The van der Waals surface area contributed by atoms with Gasteiger partial charge in [-0.3, -0.25) is 9.59 Å². The van der Waals surface area contributed by atoms with Crippen LogP contribution in [0.1, 0.15) is 40.0 Å². The second kappa shape index (κ2) is 6.94. The predicted octanol–water partition coefficient (Wildman–Crippen LogP) is 1.53. The maximum Gasteiger partial charge on any atom is 0.424 e. The van der Waals surface area contributed by atoms with E-state index in [0.717, 1.165) is 10.8 Å². The molecular formula is C16H19F3N4O3. The Balaban J connectivity index is 2.12. The Labute approximate surface area is 147 Å². The molecule has 7 nitrogen and oxygen atoms in total. The molecule has 0 radical (unpaired) electrons. The van der Waals surface area contributed by atoms with Crippen LogP contribution < -0.4 is 5.32 Å². The third-order valence-electron chi connectivity index (χ3n) is 4.08. The molecule has 0 bridgehead atoms. The van der Waals surface area contributed by atoms with Crippen molar-refractivity contribution in [2.24, 2.45) is 14.1 Å². The van der Waals surface area contributed by atoms with Crippen molar-refractivity contribution in [3.8, 4) is 0 Å². The minimum absolute atomic E-state index is 0.128. The number of amides is 1. The molecule has 0 aliphatic heterocycles. The number of nitrogens with zero attached hydrogens (tertiary/aromatic N) is 3. The number of aliphatic hydroxyl groups is 1. The topological polar surface area (TPSA) is 89.2 Å². The molecule has 0 fully saturated rings. The number of hydrogen-bond acceptors (Lipinski definition) is 4. The molecule has 2 aromatic heterocycles. The monoisotopic (exact) mass is 372 g/mol. The number of ketones is 1.